The van der Waals surface area contributed by atoms with E-state index < -0.39 is 56.1 Å². The minimum atomic E-state index is -4.34. The SMILES string of the molecule is Cc1cc(OCCCC(=O)O)cc(C)c1S(=O)(=O)NC(CNC(=O)CCCCc1ccc2c(n1)N(S(=O)(=O)c1c(C)c(C)c3c(c1C)CC(C)(C)O3)CCC2)C(=O)O. The summed E-state index contributed by atoms with van der Waals surface area (Å²) in [6, 6.07) is 5.10. The van der Waals surface area contributed by atoms with E-state index in [9.17, 15) is 36.3 Å². The van der Waals surface area contributed by atoms with Gasteiger partial charge < -0.3 is 25.0 Å². The Morgan fingerprint density at radius 1 is 0.931 bits per heavy atom. The smallest absolute Gasteiger partial charge is 0.323 e. The first kappa shape index (κ1) is 44.4. The molecule has 0 fully saturated rings. The van der Waals surface area contributed by atoms with E-state index in [0.717, 1.165) is 22.4 Å². The lowest BCUT2D eigenvalue weighted by atomic mass is 9.94. The number of nitrogens with zero attached hydrogens (tertiary/aromatic N) is 2. The number of pyridine rings is 1. The molecule has 1 aromatic heterocycles. The van der Waals surface area contributed by atoms with Crippen molar-refractivity contribution < 1.29 is 50.9 Å². The Bertz CT molecular complexity index is 2300. The predicted molar refractivity (Wildman–Crippen MR) is 217 cm³/mol. The number of ether oxygens (including phenoxy) is 2. The highest BCUT2D eigenvalue weighted by Crippen LogP contribution is 2.45. The highest BCUT2D eigenvalue weighted by Gasteiger charge is 2.39. The van der Waals surface area contributed by atoms with Gasteiger partial charge in [-0.3, -0.25) is 14.4 Å². The quantitative estimate of drug-likeness (QED) is 0.125. The number of carboxylic acids is 2. The second-order valence-electron chi connectivity index (χ2n) is 15.8. The van der Waals surface area contributed by atoms with Gasteiger partial charge in [-0.2, -0.15) is 4.72 Å². The maximum Gasteiger partial charge on any atom is 0.323 e. The molecule has 2 aliphatic heterocycles. The van der Waals surface area contributed by atoms with E-state index in [1.54, 1.807) is 0 Å². The predicted octanol–water partition coefficient (Wildman–Crippen LogP) is 4.98. The van der Waals surface area contributed by atoms with Crippen LogP contribution in [0.25, 0.3) is 0 Å². The summed E-state index contributed by atoms with van der Waals surface area (Å²) in [5, 5.41) is 21.1. The Morgan fingerprint density at radius 2 is 1.62 bits per heavy atom. The molecule has 17 heteroatoms. The summed E-state index contributed by atoms with van der Waals surface area (Å²) >= 11 is 0. The third-order valence-corrected chi connectivity index (χ3v) is 14.4. The Balaban J connectivity index is 1.17. The largest absolute Gasteiger partial charge is 0.494 e. The van der Waals surface area contributed by atoms with E-state index >= 15 is 0 Å². The van der Waals surface area contributed by atoms with E-state index in [1.165, 1.54) is 30.3 Å². The maximum absolute atomic E-state index is 14.5. The minimum Gasteiger partial charge on any atom is -0.494 e. The van der Waals surface area contributed by atoms with Crippen molar-refractivity contribution in [2.24, 2.45) is 0 Å². The van der Waals surface area contributed by atoms with Crippen molar-refractivity contribution in [3.05, 3.63) is 68.9 Å². The number of aryl methyl sites for hydroxylation is 4. The van der Waals surface area contributed by atoms with E-state index in [1.807, 2.05) is 46.8 Å². The minimum absolute atomic E-state index is 0.0490. The Kier molecular flexibility index (Phi) is 13.5. The van der Waals surface area contributed by atoms with Crippen molar-refractivity contribution in [1.29, 1.82) is 0 Å². The molecule has 0 saturated heterocycles. The summed E-state index contributed by atoms with van der Waals surface area (Å²) in [4.78, 5) is 40.5. The van der Waals surface area contributed by atoms with Crippen LogP contribution in [0.4, 0.5) is 5.82 Å². The fourth-order valence-corrected chi connectivity index (χ4v) is 11.4. The van der Waals surface area contributed by atoms with Crippen LogP contribution < -0.4 is 23.8 Å². The lowest BCUT2D eigenvalue weighted by molar-refractivity contribution is -0.139. The number of aliphatic carboxylic acids is 2. The molecule has 0 aliphatic carbocycles. The van der Waals surface area contributed by atoms with Crippen molar-refractivity contribution >= 4 is 43.7 Å². The monoisotopic (exact) mass is 842 g/mol. The summed E-state index contributed by atoms with van der Waals surface area (Å²) in [6.45, 7) is 12.6. The number of hydrogen-bond donors (Lipinski definition) is 4. The van der Waals surface area contributed by atoms with Gasteiger partial charge in [-0.1, -0.05) is 6.07 Å². The van der Waals surface area contributed by atoms with Crippen LogP contribution >= 0.6 is 0 Å². The zero-order valence-electron chi connectivity index (χ0n) is 34.2. The topological polar surface area (TPSA) is 219 Å². The third-order valence-electron chi connectivity index (χ3n) is 10.6. The van der Waals surface area contributed by atoms with Gasteiger partial charge in [0.05, 0.1) is 16.4 Å². The number of unbranched alkanes of at least 4 members (excludes halogenated alkanes) is 1. The number of amides is 1. The molecule has 0 spiro atoms. The molecular formula is C41H54N4O11S2. The molecule has 0 bridgehead atoms. The molecule has 0 saturated carbocycles. The number of nitrogens with one attached hydrogen (secondary N) is 2. The molecule has 5 rings (SSSR count). The number of benzene rings is 2. The van der Waals surface area contributed by atoms with Crippen LogP contribution in [-0.4, -0.2) is 81.2 Å². The van der Waals surface area contributed by atoms with Crippen LogP contribution in [0.5, 0.6) is 11.5 Å². The number of fused-ring (bicyclic) bond motifs is 2. The van der Waals surface area contributed by atoms with E-state index in [0.29, 0.717) is 89.5 Å². The van der Waals surface area contributed by atoms with Crippen LogP contribution in [0.15, 0.2) is 34.1 Å². The highest BCUT2D eigenvalue weighted by molar-refractivity contribution is 7.93. The summed E-state index contributed by atoms with van der Waals surface area (Å²) in [7, 11) is -8.31. The molecule has 2 aromatic carbocycles. The molecule has 1 unspecified atom stereocenters. The lowest BCUT2D eigenvalue weighted by Crippen LogP contribution is -2.48. The number of carbonyl (C=O) groups is 3. The number of hydrogen-bond acceptors (Lipinski definition) is 10. The van der Waals surface area contributed by atoms with Crippen molar-refractivity contribution in [3.8, 4) is 11.5 Å². The van der Waals surface area contributed by atoms with Crippen LogP contribution in [0.2, 0.25) is 0 Å². The van der Waals surface area contributed by atoms with Gasteiger partial charge in [0.2, 0.25) is 15.9 Å². The molecule has 58 heavy (non-hydrogen) atoms. The van der Waals surface area contributed by atoms with Gasteiger partial charge in [-0.05, 0) is 139 Å². The Labute approximate surface area is 340 Å². The van der Waals surface area contributed by atoms with Crippen LogP contribution in [-0.2, 0) is 53.7 Å². The number of aromatic nitrogens is 1. The Hall–Kier alpha value is -4.74. The van der Waals surface area contributed by atoms with E-state index in [-0.39, 0.29) is 30.8 Å². The molecule has 1 amide bonds. The first-order chi connectivity index (χ1) is 27.1. The van der Waals surface area contributed by atoms with Crippen LogP contribution in [0.1, 0.15) is 97.0 Å². The molecule has 316 valence electrons. The molecule has 15 nitrogen and oxygen atoms in total. The zero-order chi connectivity index (χ0) is 42.7. The van der Waals surface area contributed by atoms with Gasteiger partial charge in [0.1, 0.15) is 29.0 Å². The van der Waals surface area contributed by atoms with Gasteiger partial charge >= 0.3 is 11.9 Å². The average molecular weight is 843 g/mol. The second-order valence-corrected chi connectivity index (χ2v) is 19.2. The van der Waals surface area contributed by atoms with Crippen molar-refractivity contribution in [1.82, 2.24) is 15.0 Å². The summed E-state index contributed by atoms with van der Waals surface area (Å²) in [5.74, 6) is -1.35. The standard InChI is InChI=1S/C41H54N4O11S2/c1-24-20-31(55-19-11-15-35(47)48)21-25(2)37(24)57(51,52)44-33(40(49)50)23-42-34(46)14-9-8-13-30-17-16-29-12-10-18-45(39(29)43-30)58(53,54)38-27(4)26(3)36-32(28(38)5)22-41(6,7)56-36/h16-17,20-21,33,44H,8-15,18-19,22-23H2,1-7H3,(H,42,46)(H,47,48)(H,49,50). The molecule has 2 aliphatic rings. The second kappa shape index (κ2) is 17.6. The van der Waals surface area contributed by atoms with Gasteiger partial charge in [-0.25, -0.2) is 26.1 Å². The van der Waals surface area contributed by atoms with E-state index in [4.69, 9.17) is 19.6 Å². The Morgan fingerprint density at radius 3 is 2.28 bits per heavy atom. The van der Waals surface area contributed by atoms with Crippen molar-refractivity contribution in [2.45, 2.75) is 128 Å². The molecule has 4 N–H and O–H groups in total. The fourth-order valence-electron chi connectivity index (χ4n) is 7.71. The molecule has 3 heterocycles. The van der Waals surface area contributed by atoms with Crippen LogP contribution in [0, 0.1) is 34.6 Å². The first-order valence-corrected chi connectivity index (χ1v) is 22.4. The zero-order valence-corrected chi connectivity index (χ0v) is 35.8. The summed E-state index contributed by atoms with van der Waals surface area (Å²) in [5.41, 5.74) is 4.80. The normalized spacial score (nSPS) is 15.3. The molecular weight excluding hydrogens is 789 g/mol. The van der Waals surface area contributed by atoms with Crippen molar-refractivity contribution in [3.63, 3.8) is 0 Å². The maximum atomic E-state index is 14.5. The van der Waals surface area contributed by atoms with Gasteiger partial charge in [0, 0.05) is 43.6 Å². The van der Waals surface area contributed by atoms with E-state index in [2.05, 4.69) is 10.0 Å². The number of rotatable bonds is 18. The summed E-state index contributed by atoms with van der Waals surface area (Å²) in [6.07, 6.45) is 3.64. The number of carboxylic acid groups (broad SMARTS) is 2. The molecule has 1 atom stereocenters. The highest BCUT2D eigenvalue weighted by atomic mass is 32.2. The van der Waals surface area contributed by atoms with Gasteiger partial charge in [0.25, 0.3) is 10.0 Å². The van der Waals surface area contributed by atoms with Crippen LogP contribution in [0.3, 0.4) is 0 Å². The molecule has 3 aromatic rings. The van der Waals surface area contributed by atoms with Gasteiger partial charge in [0.15, 0.2) is 0 Å². The first-order valence-electron chi connectivity index (χ1n) is 19.4. The average Bonchev–Trinajstić information content (AvgIpc) is 3.47. The number of anilines is 1. The summed E-state index contributed by atoms with van der Waals surface area (Å²) < 4.78 is 71.0. The number of sulfonamides is 2. The molecule has 0 radical (unpaired) electrons. The third kappa shape index (κ3) is 9.92. The fraction of sp³-hybridized carbons (Fsp3) is 0.512. The van der Waals surface area contributed by atoms with Gasteiger partial charge in [-0.15, -0.1) is 0 Å². The number of carbonyl (C=O) groups excluding carboxylic acids is 1. The lowest BCUT2D eigenvalue weighted by Gasteiger charge is -2.31. The van der Waals surface area contributed by atoms with Crippen molar-refractivity contribution in [2.75, 3.05) is 24.0 Å².